The maximum atomic E-state index is 12.9. The van der Waals surface area contributed by atoms with Crippen molar-refractivity contribution in [2.75, 3.05) is 33.2 Å². The molecule has 22 heavy (non-hydrogen) atoms. The molecule has 0 bridgehead atoms. The summed E-state index contributed by atoms with van der Waals surface area (Å²) in [5.74, 6) is 0.115. The first-order chi connectivity index (χ1) is 10.5. The molecule has 1 aromatic carbocycles. The summed E-state index contributed by atoms with van der Waals surface area (Å²) in [6.45, 7) is 7.60. The molecule has 0 spiro atoms. The molecule has 1 saturated heterocycles. The van der Waals surface area contributed by atoms with Gasteiger partial charge in [-0.1, -0.05) is 11.6 Å². The van der Waals surface area contributed by atoms with Crippen LogP contribution in [0.25, 0.3) is 10.9 Å². The second-order valence-corrected chi connectivity index (χ2v) is 6.27. The van der Waals surface area contributed by atoms with Crippen molar-refractivity contribution in [3.8, 4) is 0 Å². The highest BCUT2D eigenvalue weighted by Crippen LogP contribution is 2.20. The number of aryl methyl sites for hydroxylation is 2. The van der Waals surface area contributed by atoms with Crippen LogP contribution < -0.4 is 0 Å². The van der Waals surface area contributed by atoms with Crippen LogP contribution in [0.3, 0.4) is 0 Å². The second-order valence-electron chi connectivity index (χ2n) is 6.27. The minimum atomic E-state index is 0.115. The summed E-state index contributed by atoms with van der Waals surface area (Å²) in [6.07, 6.45) is 1.03. The molecule has 2 heterocycles. The summed E-state index contributed by atoms with van der Waals surface area (Å²) in [5, 5.41) is 1.04. The zero-order valence-electron chi connectivity index (χ0n) is 13.6. The first-order valence-corrected chi connectivity index (χ1v) is 7.90. The lowest BCUT2D eigenvalue weighted by molar-refractivity contribution is 0.0762. The predicted octanol–water partition coefficient (Wildman–Crippen LogP) is 2.63. The standard InChI is InChI=1S/C18H23N3O/c1-13-5-6-17-15(11-13)12-16(14(2)19-17)18(22)21-8-4-7-20(3)9-10-21/h5-6,11-12H,4,7-10H2,1-3H3. The molecule has 4 heteroatoms. The molecule has 0 N–H and O–H groups in total. The first-order valence-electron chi connectivity index (χ1n) is 7.90. The van der Waals surface area contributed by atoms with Gasteiger partial charge in [0.05, 0.1) is 16.8 Å². The molecule has 0 radical (unpaired) electrons. The number of carbonyl (C=O) groups is 1. The van der Waals surface area contributed by atoms with Crippen LogP contribution in [-0.2, 0) is 0 Å². The minimum absolute atomic E-state index is 0.115. The molecule has 1 aliphatic heterocycles. The largest absolute Gasteiger partial charge is 0.337 e. The first kappa shape index (κ1) is 15.0. The van der Waals surface area contributed by atoms with Gasteiger partial charge in [-0.05, 0) is 52.1 Å². The monoisotopic (exact) mass is 297 g/mol. The van der Waals surface area contributed by atoms with Gasteiger partial charge in [-0.15, -0.1) is 0 Å². The number of hydrogen-bond acceptors (Lipinski definition) is 3. The molecule has 1 aromatic heterocycles. The van der Waals surface area contributed by atoms with E-state index in [2.05, 4.69) is 36.0 Å². The van der Waals surface area contributed by atoms with Crippen LogP contribution in [0.4, 0.5) is 0 Å². The molecule has 2 aromatic rings. The van der Waals surface area contributed by atoms with Gasteiger partial charge in [-0.3, -0.25) is 9.78 Å². The van der Waals surface area contributed by atoms with Crippen molar-refractivity contribution in [2.45, 2.75) is 20.3 Å². The van der Waals surface area contributed by atoms with Crippen molar-refractivity contribution in [1.82, 2.24) is 14.8 Å². The molecule has 1 fully saturated rings. The van der Waals surface area contributed by atoms with E-state index in [1.54, 1.807) is 0 Å². The van der Waals surface area contributed by atoms with E-state index in [4.69, 9.17) is 0 Å². The number of likely N-dealkylation sites (N-methyl/N-ethyl adjacent to an activating group) is 1. The molecular formula is C18H23N3O. The van der Waals surface area contributed by atoms with Crippen LogP contribution in [0.1, 0.15) is 28.0 Å². The van der Waals surface area contributed by atoms with E-state index in [0.29, 0.717) is 0 Å². The van der Waals surface area contributed by atoms with Gasteiger partial charge in [0.15, 0.2) is 0 Å². The van der Waals surface area contributed by atoms with Crippen LogP contribution in [0.5, 0.6) is 0 Å². The maximum Gasteiger partial charge on any atom is 0.255 e. The Balaban J connectivity index is 1.94. The average Bonchev–Trinajstić information content (AvgIpc) is 2.71. The van der Waals surface area contributed by atoms with E-state index in [1.807, 2.05) is 24.0 Å². The lowest BCUT2D eigenvalue weighted by Crippen LogP contribution is -2.35. The fourth-order valence-corrected chi connectivity index (χ4v) is 3.03. The number of carbonyl (C=O) groups excluding carboxylic acids is 1. The molecule has 1 aliphatic rings. The number of pyridine rings is 1. The fraction of sp³-hybridized carbons (Fsp3) is 0.444. The quantitative estimate of drug-likeness (QED) is 0.812. The Morgan fingerprint density at radius 1 is 1.09 bits per heavy atom. The molecule has 0 aliphatic carbocycles. The minimum Gasteiger partial charge on any atom is -0.337 e. The normalized spacial score (nSPS) is 16.8. The van der Waals surface area contributed by atoms with E-state index in [0.717, 1.165) is 54.8 Å². The molecule has 1 amide bonds. The lowest BCUT2D eigenvalue weighted by Gasteiger charge is -2.21. The number of nitrogens with zero attached hydrogens (tertiary/aromatic N) is 3. The third-order valence-electron chi connectivity index (χ3n) is 4.40. The van der Waals surface area contributed by atoms with Gasteiger partial charge in [-0.2, -0.15) is 0 Å². The predicted molar refractivity (Wildman–Crippen MR) is 89.2 cm³/mol. The Labute approximate surface area is 131 Å². The third kappa shape index (κ3) is 2.97. The fourth-order valence-electron chi connectivity index (χ4n) is 3.03. The van der Waals surface area contributed by atoms with Gasteiger partial charge < -0.3 is 9.80 Å². The molecule has 0 unspecified atom stereocenters. The van der Waals surface area contributed by atoms with Crippen molar-refractivity contribution in [3.63, 3.8) is 0 Å². The van der Waals surface area contributed by atoms with E-state index in [-0.39, 0.29) is 5.91 Å². The number of aromatic nitrogens is 1. The summed E-state index contributed by atoms with van der Waals surface area (Å²) < 4.78 is 0. The highest BCUT2D eigenvalue weighted by atomic mass is 16.2. The summed E-state index contributed by atoms with van der Waals surface area (Å²) in [7, 11) is 2.11. The smallest absolute Gasteiger partial charge is 0.255 e. The molecule has 0 saturated carbocycles. The highest BCUT2D eigenvalue weighted by Gasteiger charge is 2.21. The summed E-state index contributed by atoms with van der Waals surface area (Å²) >= 11 is 0. The van der Waals surface area contributed by atoms with Crippen LogP contribution >= 0.6 is 0 Å². The summed E-state index contributed by atoms with van der Waals surface area (Å²) in [6, 6.07) is 8.17. The van der Waals surface area contributed by atoms with Crippen molar-refractivity contribution >= 4 is 16.8 Å². The Hall–Kier alpha value is -1.94. The Kier molecular flexibility index (Phi) is 4.12. The zero-order valence-corrected chi connectivity index (χ0v) is 13.6. The van der Waals surface area contributed by atoms with Crippen LogP contribution in [0, 0.1) is 13.8 Å². The van der Waals surface area contributed by atoms with Crippen LogP contribution in [-0.4, -0.2) is 53.9 Å². The third-order valence-corrected chi connectivity index (χ3v) is 4.40. The van der Waals surface area contributed by atoms with Crippen molar-refractivity contribution < 1.29 is 4.79 Å². The van der Waals surface area contributed by atoms with Crippen LogP contribution in [0.15, 0.2) is 24.3 Å². The van der Waals surface area contributed by atoms with Crippen LogP contribution in [0.2, 0.25) is 0 Å². The van der Waals surface area contributed by atoms with Gasteiger partial charge in [-0.25, -0.2) is 0 Å². The van der Waals surface area contributed by atoms with E-state index < -0.39 is 0 Å². The molecular weight excluding hydrogens is 274 g/mol. The number of benzene rings is 1. The molecule has 0 atom stereocenters. The van der Waals surface area contributed by atoms with Crippen molar-refractivity contribution in [3.05, 3.63) is 41.1 Å². The van der Waals surface area contributed by atoms with Gasteiger partial charge in [0, 0.05) is 25.0 Å². The number of fused-ring (bicyclic) bond motifs is 1. The topological polar surface area (TPSA) is 36.4 Å². The Morgan fingerprint density at radius 2 is 1.91 bits per heavy atom. The Morgan fingerprint density at radius 3 is 2.73 bits per heavy atom. The van der Waals surface area contributed by atoms with E-state index >= 15 is 0 Å². The SMILES string of the molecule is Cc1ccc2nc(C)c(C(=O)N3CCCN(C)CC3)cc2c1. The van der Waals surface area contributed by atoms with Gasteiger partial charge in [0.1, 0.15) is 0 Å². The Bertz CT molecular complexity index is 711. The summed E-state index contributed by atoms with van der Waals surface area (Å²) in [4.78, 5) is 21.7. The second kappa shape index (κ2) is 6.05. The van der Waals surface area contributed by atoms with Crippen molar-refractivity contribution in [2.24, 2.45) is 0 Å². The lowest BCUT2D eigenvalue weighted by atomic mass is 10.1. The van der Waals surface area contributed by atoms with Crippen molar-refractivity contribution in [1.29, 1.82) is 0 Å². The maximum absolute atomic E-state index is 12.9. The molecule has 4 nitrogen and oxygen atoms in total. The number of rotatable bonds is 1. The summed E-state index contributed by atoms with van der Waals surface area (Å²) in [5.41, 5.74) is 3.70. The van der Waals surface area contributed by atoms with E-state index in [1.165, 1.54) is 5.56 Å². The average molecular weight is 297 g/mol. The molecule has 116 valence electrons. The number of hydrogen-bond donors (Lipinski definition) is 0. The van der Waals surface area contributed by atoms with E-state index in [9.17, 15) is 4.79 Å². The van der Waals surface area contributed by atoms with Gasteiger partial charge in [0.25, 0.3) is 5.91 Å². The number of amides is 1. The zero-order chi connectivity index (χ0) is 15.7. The van der Waals surface area contributed by atoms with Gasteiger partial charge in [0.2, 0.25) is 0 Å². The molecule has 3 rings (SSSR count). The van der Waals surface area contributed by atoms with Gasteiger partial charge >= 0.3 is 0 Å². The highest BCUT2D eigenvalue weighted by molar-refractivity contribution is 5.98.